The topological polar surface area (TPSA) is 12.0 Å². The number of likely N-dealkylation sites (N-methyl/N-ethyl adjacent to an activating group) is 1. The van der Waals surface area contributed by atoms with Crippen molar-refractivity contribution in [1.29, 1.82) is 0 Å². The van der Waals surface area contributed by atoms with Crippen LogP contribution >= 0.6 is 0 Å². The second-order valence-electron chi connectivity index (χ2n) is 4.69. The summed E-state index contributed by atoms with van der Waals surface area (Å²) in [6.07, 6.45) is 4.36. The van der Waals surface area contributed by atoms with Crippen LogP contribution in [0, 0.1) is 0 Å². The van der Waals surface area contributed by atoms with E-state index in [9.17, 15) is 0 Å². The lowest BCUT2D eigenvalue weighted by molar-refractivity contribution is 0.663. The quantitative estimate of drug-likeness (QED) is 0.832. The van der Waals surface area contributed by atoms with Crippen LogP contribution in [-0.2, 0) is 0 Å². The number of benzene rings is 2. The third-order valence-electron chi connectivity index (χ3n) is 3.12. The van der Waals surface area contributed by atoms with Gasteiger partial charge in [-0.2, -0.15) is 0 Å². The maximum absolute atomic E-state index is 3.37. The monoisotopic (exact) mass is 251 g/mol. The van der Waals surface area contributed by atoms with Crippen LogP contribution in [0.2, 0.25) is 0 Å². The van der Waals surface area contributed by atoms with Gasteiger partial charge in [0.25, 0.3) is 0 Å². The van der Waals surface area contributed by atoms with Crippen molar-refractivity contribution in [2.24, 2.45) is 0 Å². The molecule has 98 valence electrons. The van der Waals surface area contributed by atoms with Crippen LogP contribution in [0.1, 0.15) is 19.4 Å². The second kappa shape index (κ2) is 6.91. The normalized spacial score (nSPS) is 12.7. The standard InChI is InChI=1S/C18H21N/c1-3-19-15(2)9-10-16-11-13-18(14-12-16)17-7-5-4-6-8-17/h4-15,19H,3H2,1-2H3/b10-9+. The van der Waals surface area contributed by atoms with E-state index in [0.29, 0.717) is 6.04 Å². The Morgan fingerprint density at radius 1 is 0.947 bits per heavy atom. The highest BCUT2D eigenvalue weighted by atomic mass is 14.9. The highest BCUT2D eigenvalue weighted by Gasteiger charge is 1.96. The molecule has 2 rings (SSSR count). The van der Waals surface area contributed by atoms with E-state index >= 15 is 0 Å². The largest absolute Gasteiger partial charge is 0.311 e. The van der Waals surface area contributed by atoms with Crippen LogP contribution in [0.15, 0.2) is 60.7 Å². The predicted octanol–water partition coefficient (Wildman–Crippen LogP) is 4.36. The molecular formula is C18H21N. The first-order valence-corrected chi connectivity index (χ1v) is 6.86. The molecule has 0 aliphatic rings. The van der Waals surface area contributed by atoms with Gasteiger partial charge in [0.05, 0.1) is 0 Å². The Morgan fingerprint density at radius 3 is 2.21 bits per heavy atom. The molecule has 0 saturated carbocycles. The zero-order valence-electron chi connectivity index (χ0n) is 11.6. The second-order valence-corrected chi connectivity index (χ2v) is 4.69. The van der Waals surface area contributed by atoms with Crippen LogP contribution in [0.3, 0.4) is 0 Å². The fraction of sp³-hybridized carbons (Fsp3) is 0.222. The van der Waals surface area contributed by atoms with Gasteiger partial charge in [0, 0.05) is 6.04 Å². The SMILES string of the molecule is CCNC(C)/C=C/c1ccc(-c2ccccc2)cc1. The number of rotatable bonds is 5. The molecule has 0 fully saturated rings. The van der Waals surface area contributed by atoms with Crippen molar-refractivity contribution >= 4 is 6.08 Å². The Morgan fingerprint density at radius 2 is 1.58 bits per heavy atom. The van der Waals surface area contributed by atoms with Gasteiger partial charge in [-0.05, 0) is 30.2 Å². The van der Waals surface area contributed by atoms with E-state index in [1.807, 2.05) is 6.07 Å². The first kappa shape index (κ1) is 13.6. The number of hydrogen-bond donors (Lipinski definition) is 1. The molecule has 1 heteroatoms. The summed E-state index contributed by atoms with van der Waals surface area (Å²) < 4.78 is 0. The minimum Gasteiger partial charge on any atom is -0.311 e. The Hall–Kier alpha value is -1.86. The van der Waals surface area contributed by atoms with E-state index < -0.39 is 0 Å². The Bertz CT molecular complexity index is 511. The molecule has 0 spiro atoms. The first-order chi connectivity index (χ1) is 9.29. The van der Waals surface area contributed by atoms with Crippen LogP contribution in [0.25, 0.3) is 17.2 Å². The smallest absolute Gasteiger partial charge is 0.0224 e. The molecule has 2 aromatic carbocycles. The summed E-state index contributed by atoms with van der Waals surface area (Å²) in [5, 5.41) is 3.37. The zero-order chi connectivity index (χ0) is 13.5. The Kier molecular flexibility index (Phi) is 4.93. The summed E-state index contributed by atoms with van der Waals surface area (Å²) in [6.45, 7) is 5.29. The van der Waals surface area contributed by atoms with Crippen molar-refractivity contribution in [3.63, 3.8) is 0 Å². The molecule has 0 aromatic heterocycles. The minimum absolute atomic E-state index is 0.416. The van der Waals surface area contributed by atoms with Crippen molar-refractivity contribution in [2.75, 3.05) is 6.54 Å². The maximum Gasteiger partial charge on any atom is 0.0224 e. The van der Waals surface area contributed by atoms with Crippen LogP contribution in [0.5, 0.6) is 0 Å². The van der Waals surface area contributed by atoms with Gasteiger partial charge in [-0.1, -0.05) is 73.7 Å². The maximum atomic E-state index is 3.37. The Balaban J connectivity index is 2.07. The third-order valence-corrected chi connectivity index (χ3v) is 3.12. The summed E-state index contributed by atoms with van der Waals surface area (Å²) >= 11 is 0. The fourth-order valence-electron chi connectivity index (χ4n) is 2.06. The molecule has 0 amide bonds. The summed E-state index contributed by atoms with van der Waals surface area (Å²) in [5.41, 5.74) is 3.76. The molecule has 2 aromatic rings. The number of hydrogen-bond acceptors (Lipinski definition) is 1. The lowest BCUT2D eigenvalue weighted by Gasteiger charge is -2.06. The van der Waals surface area contributed by atoms with E-state index in [1.54, 1.807) is 0 Å². The van der Waals surface area contributed by atoms with Crippen LogP contribution in [0.4, 0.5) is 0 Å². The molecule has 0 bridgehead atoms. The molecule has 19 heavy (non-hydrogen) atoms. The summed E-state index contributed by atoms with van der Waals surface area (Å²) in [6, 6.07) is 19.6. The average molecular weight is 251 g/mol. The molecule has 0 heterocycles. The van der Waals surface area contributed by atoms with E-state index in [-0.39, 0.29) is 0 Å². The highest BCUT2D eigenvalue weighted by Crippen LogP contribution is 2.19. The van der Waals surface area contributed by atoms with E-state index in [0.717, 1.165) is 6.54 Å². The molecule has 1 N–H and O–H groups in total. The van der Waals surface area contributed by atoms with E-state index in [4.69, 9.17) is 0 Å². The van der Waals surface area contributed by atoms with Gasteiger partial charge in [-0.3, -0.25) is 0 Å². The highest BCUT2D eigenvalue weighted by molar-refractivity contribution is 5.65. The van der Waals surface area contributed by atoms with Gasteiger partial charge in [0.1, 0.15) is 0 Å². The molecule has 0 aliphatic carbocycles. The van der Waals surface area contributed by atoms with Crippen molar-refractivity contribution in [3.05, 3.63) is 66.2 Å². The lowest BCUT2D eigenvalue weighted by atomic mass is 10.0. The number of nitrogens with one attached hydrogen (secondary N) is 1. The summed E-state index contributed by atoms with van der Waals surface area (Å²) in [7, 11) is 0. The molecule has 0 aliphatic heterocycles. The molecule has 1 nitrogen and oxygen atoms in total. The molecule has 1 unspecified atom stereocenters. The van der Waals surface area contributed by atoms with Gasteiger partial charge < -0.3 is 5.32 Å². The fourth-order valence-corrected chi connectivity index (χ4v) is 2.06. The van der Waals surface area contributed by atoms with Crippen LogP contribution in [-0.4, -0.2) is 12.6 Å². The van der Waals surface area contributed by atoms with Crippen molar-refractivity contribution in [3.8, 4) is 11.1 Å². The van der Waals surface area contributed by atoms with E-state index in [2.05, 4.69) is 79.8 Å². The minimum atomic E-state index is 0.416. The predicted molar refractivity (Wildman–Crippen MR) is 84.1 cm³/mol. The summed E-state index contributed by atoms with van der Waals surface area (Å²) in [5.74, 6) is 0. The molecule has 0 saturated heterocycles. The molecule has 1 atom stereocenters. The summed E-state index contributed by atoms with van der Waals surface area (Å²) in [4.78, 5) is 0. The van der Waals surface area contributed by atoms with Crippen molar-refractivity contribution in [1.82, 2.24) is 5.32 Å². The van der Waals surface area contributed by atoms with Gasteiger partial charge >= 0.3 is 0 Å². The molecule has 0 radical (unpaired) electrons. The average Bonchev–Trinajstić information content (AvgIpc) is 2.47. The van der Waals surface area contributed by atoms with Crippen LogP contribution < -0.4 is 5.32 Å². The lowest BCUT2D eigenvalue weighted by Crippen LogP contribution is -2.22. The van der Waals surface area contributed by atoms with Gasteiger partial charge in [-0.25, -0.2) is 0 Å². The van der Waals surface area contributed by atoms with E-state index in [1.165, 1.54) is 16.7 Å². The zero-order valence-corrected chi connectivity index (χ0v) is 11.6. The van der Waals surface area contributed by atoms with Gasteiger partial charge in [-0.15, -0.1) is 0 Å². The first-order valence-electron chi connectivity index (χ1n) is 6.86. The van der Waals surface area contributed by atoms with Crippen molar-refractivity contribution < 1.29 is 0 Å². The Labute approximate surface area is 116 Å². The van der Waals surface area contributed by atoms with Crippen molar-refractivity contribution in [2.45, 2.75) is 19.9 Å². The van der Waals surface area contributed by atoms with Gasteiger partial charge in [0.2, 0.25) is 0 Å². The molecular weight excluding hydrogens is 230 g/mol. The third kappa shape index (κ3) is 4.08. The van der Waals surface area contributed by atoms with Gasteiger partial charge in [0.15, 0.2) is 0 Å².